The molecule has 0 bridgehead atoms. The number of rotatable bonds is 1. The van der Waals surface area contributed by atoms with Crippen molar-refractivity contribution in [2.24, 2.45) is 7.05 Å². The van der Waals surface area contributed by atoms with Crippen molar-refractivity contribution in [3.63, 3.8) is 0 Å². The minimum atomic E-state index is -2.37. The molecule has 1 nitrogen and oxygen atoms in total. The third-order valence-corrected chi connectivity index (χ3v) is 2.81. The Kier molecular flexibility index (Phi) is 1.65. The van der Waals surface area contributed by atoms with Crippen LogP contribution in [0, 0.1) is 0 Å². The average Bonchev–Trinajstić information content (AvgIpc) is 2.53. The van der Waals surface area contributed by atoms with Crippen LogP contribution in [0.4, 0.5) is 8.78 Å². The molecule has 0 N–H and O–H groups in total. The fourth-order valence-corrected chi connectivity index (χ4v) is 2.23. The SMILES string of the molecule is Cn1cc(C(F)F)c2sccc21. The number of hydrogen-bond donors (Lipinski definition) is 0. The van der Waals surface area contributed by atoms with Gasteiger partial charge in [0.15, 0.2) is 0 Å². The molecule has 0 aliphatic rings. The van der Waals surface area contributed by atoms with Crippen LogP contribution in [0.15, 0.2) is 17.6 Å². The van der Waals surface area contributed by atoms with E-state index in [1.54, 1.807) is 11.6 Å². The van der Waals surface area contributed by atoms with Crippen molar-refractivity contribution >= 4 is 21.6 Å². The van der Waals surface area contributed by atoms with Gasteiger partial charge in [-0.05, 0) is 11.4 Å². The van der Waals surface area contributed by atoms with Crippen molar-refractivity contribution in [1.82, 2.24) is 4.57 Å². The molecule has 0 aliphatic heterocycles. The highest BCUT2D eigenvalue weighted by Gasteiger charge is 2.15. The van der Waals surface area contributed by atoms with Crippen LogP contribution in [-0.4, -0.2) is 4.57 Å². The van der Waals surface area contributed by atoms with Crippen molar-refractivity contribution in [3.05, 3.63) is 23.2 Å². The first kappa shape index (κ1) is 7.73. The highest BCUT2D eigenvalue weighted by Crippen LogP contribution is 2.32. The summed E-state index contributed by atoms with van der Waals surface area (Å²) in [7, 11) is 1.78. The van der Waals surface area contributed by atoms with Crippen LogP contribution < -0.4 is 0 Å². The normalized spacial score (nSPS) is 11.7. The van der Waals surface area contributed by atoms with Gasteiger partial charge >= 0.3 is 0 Å². The Balaban J connectivity index is 2.75. The number of hydrogen-bond acceptors (Lipinski definition) is 1. The van der Waals surface area contributed by atoms with E-state index >= 15 is 0 Å². The van der Waals surface area contributed by atoms with Crippen molar-refractivity contribution in [2.75, 3.05) is 0 Å². The lowest BCUT2D eigenvalue weighted by Gasteiger charge is -1.91. The maximum absolute atomic E-state index is 12.4. The molecule has 2 aromatic heterocycles. The second-order valence-corrected chi connectivity index (χ2v) is 3.55. The summed E-state index contributed by atoms with van der Waals surface area (Å²) in [6, 6.07) is 1.85. The Morgan fingerprint density at radius 2 is 2.25 bits per heavy atom. The maximum Gasteiger partial charge on any atom is 0.266 e. The largest absolute Gasteiger partial charge is 0.349 e. The topological polar surface area (TPSA) is 4.93 Å². The minimum absolute atomic E-state index is 0.141. The van der Waals surface area contributed by atoms with E-state index in [1.165, 1.54) is 17.5 Å². The molecule has 0 aliphatic carbocycles. The highest BCUT2D eigenvalue weighted by atomic mass is 32.1. The standard InChI is InChI=1S/C8H7F2NS/c1-11-4-5(8(9)10)7-6(11)2-3-12-7/h2-4,8H,1H3. The predicted octanol–water partition coefficient (Wildman–Crippen LogP) is 3.18. The second-order valence-electron chi connectivity index (χ2n) is 2.63. The number of thiophene rings is 1. The molecule has 0 spiro atoms. The third-order valence-electron chi connectivity index (χ3n) is 1.85. The lowest BCUT2D eigenvalue weighted by molar-refractivity contribution is 0.153. The number of alkyl halides is 2. The highest BCUT2D eigenvalue weighted by molar-refractivity contribution is 7.17. The summed E-state index contributed by atoms with van der Waals surface area (Å²) >= 11 is 1.36. The number of fused-ring (bicyclic) bond motifs is 1. The second kappa shape index (κ2) is 2.55. The van der Waals surface area contributed by atoms with Gasteiger partial charge in [0.25, 0.3) is 6.43 Å². The molecular formula is C8H7F2NS. The summed E-state index contributed by atoms with van der Waals surface area (Å²) in [5.74, 6) is 0. The monoisotopic (exact) mass is 187 g/mol. The van der Waals surface area contributed by atoms with Gasteiger partial charge in [-0.1, -0.05) is 0 Å². The Hall–Kier alpha value is -0.900. The molecule has 0 atom stereocenters. The van der Waals surface area contributed by atoms with E-state index in [4.69, 9.17) is 0 Å². The van der Waals surface area contributed by atoms with Crippen molar-refractivity contribution in [1.29, 1.82) is 0 Å². The molecular weight excluding hydrogens is 180 g/mol. The van der Waals surface area contributed by atoms with Gasteiger partial charge in [0.2, 0.25) is 0 Å². The summed E-state index contributed by atoms with van der Waals surface area (Å²) in [6.07, 6.45) is -0.876. The van der Waals surface area contributed by atoms with E-state index in [2.05, 4.69) is 0 Å². The first-order valence-corrected chi connectivity index (χ1v) is 4.38. The number of halogens is 2. The third kappa shape index (κ3) is 0.948. The van der Waals surface area contributed by atoms with Crippen LogP contribution in [0.25, 0.3) is 10.2 Å². The van der Waals surface area contributed by atoms with Gasteiger partial charge in [0.1, 0.15) is 0 Å². The maximum atomic E-state index is 12.4. The molecule has 0 unspecified atom stereocenters. The van der Waals surface area contributed by atoms with Crippen LogP contribution in [0.3, 0.4) is 0 Å². The van der Waals surface area contributed by atoms with E-state index in [0.29, 0.717) is 4.70 Å². The summed E-state index contributed by atoms with van der Waals surface area (Å²) < 4.78 is 27.2. The van der Waals surface area contributed by atoms with Gasteiger partial charge in [-0.3, -0.25) is 0 Å². The fourth-order valence-electron chi connectivity index (χ4n) is 1.29. The summed E-state index contributed by atoms with van der Waals surface area (Å²) in [5.41, 5.74) is 1.03. The van der Waals surface area contributed by atoms with Crippen LogP contribution >= 0.6 is 11.3 Å². The number of aromatic nitrogens is 1. The summed E-state index contributed by atoms with van der Waals surface area (Å²) in [6.45, 7) is 0. The van der Waals surface area contributed by atoms with E-state index in [9.17, 15) is 8.78 Å². The first-order chi connectivity index (χ1) is 5.70. The Bertz CT molecular complexity index is 402. The van der Waals surface area contributed by atoms with Crippen molar-refractivity contribution < 1.29 is 8.78 Å². The van der Waals surface area contributed by atoms with E-state index in [-0.39, 0.29) is 5.56 Å². The average molecular weight is 187 g/mol. The smallest absolute Gasteiger partial charge is 0.266 e. The molecule has 0 saturated carbocycles. The van der Waals surface area contributed by atoms with Crippen molar-refractivity contribution in [3.8, 4) is 0 Å². The van der Waals surface area contributed by atoms with E-state index in [1.807, 2.05) is 11.4 Å². The Morgan fingerprint density at radius 1 is 1.50 bits per heavy atom. The van der Waals surface area contributed by atoms with Gasteiger partial charge < -0.3 is 4.57 Å². The molecule has 0 amide bonds. The summed E-state index contributed by atoms with van der Waals surface area (Å²) in [4.78, 5) is 0. The molecule has 0 aromatic carbocycles. The molecule has 12 heavy (non-hydrogen) atoms. The number of aryl methyl sites for hydroxylation is 1. The van der Waals surface area contributed by atoms with Crippen LogP contribution in [0.1, 0.15) is 12.0 Å². The van der Waals surface area contributed by atoms with E-state index in [0.717, 1.165) is 5.52 Å². The van der Waals surface area contributed by atoms with E-state index < -0.39 is 6.43 Å². The molecule has 0 saturated heterocycles. The lowest BCUT2D eigenvalue weighted by Crippen LogP contribution is -1.82. The lowest BCUT2D eigenvalue weighted by atomic mass is 10.3. The van der Waals surface area contributed by atoms with Gasteiger partial charge in [-0.15, -0.1) is 11.3 Å². The Labute approximate surface area is 72.2 Å². The quantitative estimate of drug-likeness (QED) is 0.646. The van der Waals surface area contributed by atoms with Crippen LogP contribution in [-0.2, 0) is 7.05 Å². The molecule has 2 heterocycles. The first-order valence-electron chi connectivity index (χ1n) is 3.50. The summed E-state index contributed by atoms with van der Waals surface area (Å²) in [5, 5.41) is 1.83. The predicted molar refractivity (Wildman–Crippen MR) is 45.8 cm³/mol. The van der Waals surface area contributed by atoms with Crippen molar-refractivity contribution in [2.45, 2.75) is 6.43 Å². The van der Waals surface area contributed by atoms with Crippen LogP contribution in [0.2, 0.25) is 0 Å². The molecule has 2 rings (SSSR count). The minimum Gasteiger partial charge on any atom is -0.349 e. The molecule has 0 fully saturated rings. The zero-order valence-electron chi connectivity index (χ0n) is 6.42. The molecule has 0 radical (unpaired) electrons. The van der Waals surface area contributed by atoms with Gasteiger partial charge in [-0.25, -0.2) is 8.78 Å². The van der Waals surface area contributed by atoms with Gasteiger partial charge in [0.05, 0.1) is 15.8 Å². The van der Waals surface area contributed by atoms with Gasteiger partial charge in [0, 0.05) is 13.2 Å². The number of nitrogens with zero attached hydrogens (tertiary/aromatic N) is 1. The zero-order chi connectivity index (χ0) is 8.72. The zero-order valence-corrected chi connectivity index (χ0v) is 7.24. The van der Waals surface area contributed by atoms with Crippen LogP contribution in [0.5, 0.6) is 0 Å². The fraction of sp³-hybridized carbons (Fsp3) is 0.250. The Morgan fingerprint density at radius 3 is 2.92 bits per heavy atom. The molecule has 2 aromatic rings. The van der Waals surface area contributed by atoms with Gasteiger partial charge in [-0.2, -0.15) is 0 Å². The molecule has 64 valence electrons. The molecule has 4 heteroatoms.